The fraction of sp³-hybridized carbons (Fsp3) is 0.333. The number of aromatic nitrogens is 4. The minimum Gasteiger partial charge on any atom is -0.346 e. The van der Waals surface area contributed by atoms with Gasteiger partial charge in [-0.05, 0) is 51.1 Å². The lowest BCUT2D eigenvalue weighted by Gasteiger charge is -2.16. The van der Waals surface area contributed by atoms with Crippen molar-refractivity contribution in [3.63, 3.8) is 0 Å². The van der Waals surface area contributed by atoms with E-state index in [4.69, 9.17) is 0 Å². The number of nitrogens with zero attached hydrogens (tertiary/aromatic N) is 5. The molecule has 1 amide bonds. The van der Waals surface area contributed by atoms with Gasteiger partial charge in [0.15, 0.2) is 5.13 Å². The zero-order chi connectivity index (χ0) is 22.8. The Hall–Kier alpha value is -3.30. The third kappa shape index (κ3) is 4.46. The van der Waals surface area contributed by atoms with Gasteiger partial charge < -0.3 is 14.8 Å². The summed E-state index contributed by atoms with van der Waals surface area (Å²) < 4.78 is 3.43. The maximum atomic E-state index is 13.0. The quantitative estimate of drug-likeness (QED) is 0.456. The lowest BCUT2D eigenvalue weighted by Crippen LogP contribution is -2.32. The van der Waals surface area contributed by atoms with Gasteiger partial charge in [0.05, 0.1) is 29.9 Å². The minimum atomic E-state index is -0.191. The molecule has 1 aromatic carbocycles. The molecule has 4 aromatic rings. The Morgan fingerprint density at radius 3 is 2.55 bits per heavy atom. The summed E-state index contributed by atoms with van der Waals surface area (Å²) in [6, 6.07) is 11.3. The Morgan fingerprint density at radius 1 is 1.06 bits per heavy atom. The van der Waals surface area contributed by atoms with Crippen LogP contribution in [0.15, 0.2) is 53.6 Å². The second-order valence-electron chi connectivity index (χ2n) is 8.25. The molecule has 0 bridgehead atoms. The van der Waals surface area contributed by atoms with Crippen molar-refractivity contribution in [1.29, 1.82) is 0 Å². The van der Waals surface area contributed by atoms with Gasteiger partial charge in [0.2, 0.25) is 0 Å². The number of carbonyl (C=O) groups is 1. The Bertz CT molecular complexity index is 1340. The second kappa shape index (κ2) is 9.29. The van der Waals surface area contributed by atoms with Crippen LogP contribution >= 0.6 is 11.3 Å². The van der Waals surface area contributed by atoms with Crippen LogP contribution in [0, 0.1) is 6.92 Å². The fourth-order valence-corrected chi connectivity index (χ4v) is 5.19. The molecule has 9 heteroatoms. The number of carbonyl (C=O) groups excluding carboxylic acids is 1. The number of rotatable bonds is 7. The standard InChI is InChI=1S/C24H26N6O2S/c1-17-21(33-24(26-17)29-12-6-7-13-29)22(31)25-16-20-18-8-2-3-9-19(18)23(32)30(27-20)15-14-28-10-4-5-11-28/h2-3,6-9,12-13H,4-5,10-11,14-16H2,1H3,(H,25,31). The van der Waals surface area contributed by atoms with Gasteiger partial charge in [-0.3, -0.25) is 9.59 Å². The third-order valence-electron chi connectivity index (χ3n) is 6.00. The van der Waals surface area contributed by atoms with Crippen LogP contribution in [0.25, 0.3) is 15.9 Å². The summed E-state index contributed by atoms with van der Waals surface area (Å²) in [7, 11) is 0. The molecule has 0 radical (unpaired) electrons. The number of nitrogens with one attached hydrogen (secondary N) is 1. The van der Waals surface area contributed by atoms with Crippen molar-refractivity contribution in [3.8, 4) is 5.13 Å². The zero-order valence-corrected chi connectivity index (χ0v) is 19.3. The summed E-state index contributed by atoms with van der Waals surface area (Å²) in [6.45, 7) is 5.57. The highest BCUT2D eigenvalue weighted by atomic mass is 32.1. The highest BCUT2D eigenvalue weighted by molar-refractivity contribution is 7.16. The highest BCUT2D eigenvalue weighted by Crippen LogP contribution is 2.22. The fourth-order valence-electron chi connectivity index (χ4n) is 4.24. The van der Waals surface area contributed by atoms with E-state index in [1.165, 1.54) is 24.2 Å². The van der Waals surface area contributed by atoms with E-state index in [1.807, 2.05) is 60.3 Å². The maximum absolute atomic E-state index is 13.0. The summed E-state index contributed by atoms with van der Waals surface area (Å²) in [5.74, 6) is -0.191. The van der Waals surface area contributed by atoms with E-state index in [1.54, 1.807) is 4.68 Å². The molecule has 0 aliphatic carbocycles. The van der Waals surface area contributed by atoms with Gasteiger partial charge in [-0.25, -0.2) is 9.67 Å². The smallest absolute Gasteiger partial charge is 0.274 e. The van der Waals surface area contributed by atoms with E-state index in [9.17, 15) is 9.59 Å². The second-order valence-corrected chi connectivity index (χ2v) is 9.23. The monoisotopic (exact) mass is 462 g/mol. The van der Waals surface area contributed by atoms with Crippen LogP contribution in [-0.4, -0.2) is 49.8 Å². The van der Waals surface area contributed by atoms with E-state index in [0.717, 1.165) is 30.2 Å². The number of likely N-dealkylation sites (tertiary alicyclic amines) is 1. The molecule has 5 rings (SSSR count). The molecule has 0 spiro atoms. The largest absolute Gasteiger partial charge is 0.346 e. The first-order chi connectivity index (χ1) is 16.1. The van der Waals surface area contributed by atoms with Gasteiger partial charge in [-0.2, -0.15) is 5.10 Å². The third-order valence-corrected chi connectivity index (χ3v) is 7.17. The molecule has 1 aliphatic rings. The van der Waals surface area contributed by atoms with E-state index in [2.05, 4.69) is 20.3 Å². The van der Waals surface area contributed by atoms with Crippen LogP contribution in [0.5, 0.6) is 0 Å². The number of hydrogen-bond donors (Lipinski definition) is 1. The van der Waals surface area contributed by atoms with Crippen LogP contribution in [0.4, 0.5) is 0 Å². The minimum absolute atomic E-state index is 0.0884. The normalized spacial score (nSPS) is 14.2. The summed E-state index contributed by atoms with van der Waals surface area (Å²) >= 11 is 1.35. The van der Waals surface area contributed by atoms with Crippen molar-refractivity contribution >= 4 is 28.0 Å². The topological polar surface area (TPSA) is 85.1 Å². The summed E-state index contributed by atoms with van der Waals surface area (Å²) in [5.41, 5.74) is 1.29. The molecule has 1 aliphatic heterocycles. The van der Waals surface area contributed by atoms with Crippen molar-refractivity contribution in [2.24, 2.45) is 0 Å². The first-order valence-corrected chi connectivity index (χ1v) is 12.0. The van der Waals surface area contributed by atoms with E-state index in [0.29, 0.717) is 28.2 Å². The van der Waals surface area contributed by atoms with Gasteiger partial charge in [-0.1, -0.05) is 29.5 Å². The zero-order valence-electron chi connectivity index (χ0n) is 18.5. The molecule has 0 saturated carbocycles. The van der Waals surface area contributed by atoms with Gasteiger partial charge in [-0.15, -0.1) is 0 Å². The molecule has 4 heterocycles. The first-order valence-electron chi connectivity index (χ1n) is 11.2. The van der Waals surface area contributed by atoms with Crippen molar-refractivity contribution in [2.75, 3.05) is 19.6 Å². The molecular formula is C24H26N6O2S. The average Bonchev–Trinajstić information content (AvgIpc) is 3.60. The number of benzene rings is 1. The molecule has 0 unspecified atom stereocenters. The van der Waals surface area contributed by atoms with Crippen LogP contribution in [0.3, 0.4) is 0 Å². The van der Waals surface area contributed by atoms with Gasteiger partial charge in [0.1, 0.15) is 4.88 Å². The molecule has 8 nitrogen and oxygen atoms in total. The SMILES string of the molecule is Cc1nc(-n2cccc2)sc1C(=O)NCc1nn(CCN2CCCC2)c(=O)c2ccccc12. The molecule has 0 atom stereocenters. The Morgan fingerprint density at radius 2 is 1.79 bits per heavy atom. The predicted octanol–water partition coefficient (Wildman–Crippen LogP) is 2.98. The number of hydrogen-bond acceptors (Lipinski definition) is 6. The Labute approximate surface area is 195 Å². The van der Waals surface area contributed by atoms with Crippen LogP contribution in [-0.2, 0) is 13.1 Å². The number of aryl methyl sites for hydroxylation is 1. The van der Waals surface area contributed by atoms with E-state index >= 15 is 0 Å². The Kier molecular flexibility index (Phi) is 6.06. The van der Waals surface area contributed by atoms with E-state index in [-0.39, 0.29) is 18.0 Å². The molecular weight excluding hydrogens is 436 g/mol. The molecule has 1 N–H and O–H groups in total. The number of thiazole rings is 1. The number of amides is 1. The van der Waals surface area contributed by atoms with E-state index < -0.39 is 0 Å². The average molecular weight is 463 g/mol. The van der Waals surface area contributed by atoms with Crippen LogP contribution in [0.1, 0.15) is 33.9 Å². The van der Waals surface area contributed by atoms with Crippen LogP contribution < -0.4 is 10.9 Å². The molecule has 1 saturated heterocycles. The van der Waals surface area contributed by atoms with Crippen LogP contribution in [0.2, 0.25) is 0 Å². The molecule has 1 fully saturated rings. The molecule has 3 aromatic heterocycles. The lowest BCUT2D eigenvalue weighted by atomic mass is 10.1. The summed E-state index contributed by atoms with van der Waals surface area (Å²) in [5, 5.41) is 9.78. The maximum Gasteiger partial charge on any atom is 0.274 e. The summed E-state index contributed by atoms with van der Waals surface area (Å²) in [4.78, 5) is 33.4. The first kappa shape index (κ1) is 21.5. The van der Waals surface area contributed by atoms with Crippen molar-refractivity contribution in [1.82, 2.24) is 29.5 Å². The van der Waals surface area contributed by atoms with Crippen molar-refractivity contribution in [2.45, 2.75) is 32.9 Å². The van der Waals surface area contributed by atoms with Crippen molar-refractivity contribution < 1.29 is 4.79 Å². The molecule has 33 heavy (non-hydrogen) atoms. The highest BCUT2D eigenvalue weighted by Gasteiger charge is 2.18. The Balaban J connectivity index is 1.37. The number of fused-ring (bicyclic) bond motifs is 1. The summed E-state index contributed by atoms with van der Waals surface area (Å²) in [6.07, 6.45) is 6.23. The van der Waals surface area contributed by atoms with Gasteiger partial charge in [0, 0.05) is 24.3 Å². The van der Waals surface area contributed by atoms with Gasteiger partial charge in [0.25, 0.3) is 11.5 Å². The van der Waals surface area contributed by atoms with Crippen molar-refractivity contribution in [3.05, 3.63) is 75.4 Å². The molecule has 170 valence electrons. The lowest BCUT2D eigenvalue weighted by molar-refractivity contribution is 0.0953. The predicted molar refractivity (Wildman–Crippen MR) is 129 cm³/mol. The van der Waals surface area contributed by atoms with Gasteiger partial charge >= 0.3 is 0 Å².